The predicted octanol–water partition coefficient (Wildman–Crippen LogP) is 1.22. The van der Waals surface area contributed by atoms with Crippen molar-refractivity contribution in [3.8, 4) is 0 Å². The highest BCUT2D eigenvalue weighted by Crippen LogP contribution is 2.21. The summed E-state index contributed by atoms with van der Waals surface area (Å²) in [5.41, 5.74) is 1.16. The molecule has 7 nitrogen and oxygen atoms in total. The van der Waals surface area contributed by atoms with Crippen molar-refractivity contribution >= 4 is 11.6 Å². The summed E-state index contributed by atoms with van der Waals surface area (Å²) in [6, 6.07) is 3.72. The molecule has 2 aromatic rings. The van der Waals surface area contributed by atoms with Crippen LogP contribution in [0, 0.1) is 5.92 Å². The van der Waals surface area contributed by atoms with E-state index >= 15 is 0 Å². The zero-order chi connectivity index (χ0) is 16.2. The van der Waals surface area contributed by atoms with Gasteiger partial charge in [0.1, 0.15) is 18.7 Å². The van der Waals surface area contributed by atoms with E-state index < -0.39 is 0 Å². The zero-order valence-electron chi connectivity index (χ0n) is 13.5. The average molecular weight is 314 g/mol. The van der Waals surface area contributed by atoms with Crippen LogP contribution in [0.5, 0.6) is 0 Å². The standard InChI is InChI=1S/C16H22N6O/c1-13(2)15(22-12-18-11-19-22)16(23)21-9-7-20(8-10-21)14-3-5-17-6-4-14/h3-6,11-13,15H,7-10H2,1-2H3/t15-/m1/s1. The van der Waals surface area contributed by atoms with Gasteiger partial charge in [-0.2, -0.15) is 5.10 Å². The van der Waals surface area contributed by atoms with Gasteiger partial charge in [0.15, 0.2) is 0 Å². The van der Waals surface area contributed by atoms with Crippen LogP contribution < -0.4 is 4.90 Å². The highest BCUT2D eigenvalue weighted by molar-refractivity contribution is 5.81. The van der Waals surface area contributed by atoms with E-state index in [2.05, 4.69) is 20.0 Å². The van der Waals surface area contributed by atoms with Crippen LogP contribution in [0.15, 0.2) is 37.2 Å². The molecule has 0 saturated carbocycles. The lowest BCUT2D eigenvalue weighted by Crippen LogP contribution is -2.51. The molecule has 1 amide bonds. The fourth-order valence-electron chi connectivity index (χ4n) is 2.99. The third-order valence-electron chi connectivity index (χ3n) is 4.23. The molecule has 122 valence electrons. The molecule has 2 aromatic heterocycles. The lowest BCUT2D eigenvalue weighted by Gasteiger charge is -2.38. The lowest BCUT2D eigenvalue weighted by atomic mass is 10.0. The number of amides is 1. The van der Waals surface area contributed by atoms with Crippen LogP contribution >= 0.6 is 0 Å². The SMILES string of the molecule is CC(C)[C@H](C(=O)N1CCN(c2ccncc2)CC1)n1cncn1. The summed E-state index contributed by atoms with van der Waals surface area (Å²) in [7, 11) is 0. The van der Waals surface area contributed by atoms with E-state index in [1.807, 2.05) is 30.9 Å². The zero-order valence-corrected chi connectivity index (χ0v) is 13.5. The van der Waals surface area contributed by atoms with Crippen LogP contribution in [-0.4, -0.2) is 56.7 Å². The molecule has 0 bridgehead atoms. The number of nitrogens with zero attached hydrogens (tertiary/aromatic N) is 6. The van der Waals surface area contributed by atoms with Gasteiger partial charge in [-0.1, -0.05) is 13.8 Å². The number of carbonyl (C=O) groups is 1. The fourth-order valence-corrected chi connectivity index (χ4v) is 2.99. The fraction of sp³-hybridized carbons (Fsp3) is 0.500. The topological polar surface area (TPSA) is 67.2 Å². The van der Waals surface area contributed by atoms with Crippen LogP contribution in [0.25, 0.3) is 0 Å². The maximum atomic E-state index is 12.9. The van der Waals surface area contributed by atoms with E-state index in [1.165, 1.54) is 6.33 Å². The summed E-state index contributed by atoms with van der Waals surface area (Å²) in [5, 5.41) is 4.16. The molecule has 0 aromatic carbocycles. The minimum atomic E-state index is -0.287. The Morgan fingerprint density at radius 2 is 1.78 bits per heavy atom. The van der Waals surface area contributed by atoms with Crippen LogP contribution in [0.1, 0.15) is 19.9 Å². The van der Waals surface area contributed by atoms with E-state index in [1.54, 1.807) is 23.4 Å². The van der Waals surface area contributed by atoms with Gasteiger partial charge in [-0.15, -0.1) is 0 Å². The molecule has 0 N–H and O–H groups in total. The second-order valence-corrected chi connectivity index (χ2v) is 6.08. The second-order valence-electron chi connectivity index (χ2n) is 6.08. The summed E-state index contributed by atoms with van der Waals surface area (Å²) in [4.78, 5) is 25.1. The van der Waals surface area contributed by atoms with E-state index in [9.17, 15) is 4.79 Å². The molecule has 0 aliphatic carbocycles. The molecule has 1 fully saturated rings. The van der Waals surface area contributed by atoms with Gasteiger partial charge < -0.3 is 9.80 Å². The molecule has 0 spiro atoms. The highest BCUT2D eigenvalue weighted by atomic mass is 16.2. The number of pyridine rings is 1. The molecule has 1 aliphatic rings. The minimum absolute atomic E-state index is 0.125. The molecule has 1 aliphatic heterocycles. The largest absolute Gasteiger partial charge is 0.368 e. The second kappa shape index (κ2) is 6.76. The van der Waals surface area contributed by atoms with Crippen LogP contribution in [0.2, 0.25) is 0 Å². The Morgan fingerprint density at radius 3 is 2.35 bits per heavy atom. The lowest BCUT2D eigenvalue weighted by molar-refractivity contribution is -0.136. The Balaban J connectivity index is 1.66. The maximum Gasteiger partial charge on any atom is 0.247 e. The molecular formula is C16H22N6O. The molecule has 3 heterocycles. The first-order valence-electron chi connectivity index (χ1n) is 7.94. The van der Waals surface area contributed by atoms with Gasteiger partial charge in [0.25, 0.3) is 0 Å². The number of rotatable bonds is 4. The summed E-state index contributed by atoms with van der Waals surface area (Å²) >= 11 is 0. The van der Waals surface area contributed by atoms with Crippen molar-refractivity contribution in [3.63, 3.8) is 0 Å². The average Bonchev–Trinajstić information content (AvgIpc) is 3.09. The Morgan fingerprint density at radius 1 is 1.09 bits per heavy atom. The van der Waals surface area contributed by atoms with Gasteiger partial charge in [0, 0.05) is 44.3 Å². The normalized spacial score (nSPS) is 16.7. The van der Waals surface area contributed by atoms with E-state index in [0.717, 1.165) is 31.9 Å². The van der Waals surface area contributed by atoms with Crippen molar-refractivity contribution < 1.29 is 4.79 Å². The van der Waals surface area contributed by atoms with Crippen molar-refractivity contribution in [3.05, 3.63) is 37.2 Å². The van der Waals surface area contributed by atoms with Gasteiger partial charge in [-0.05, 0) is 18.1 Å². The number of carbonyl (C=O) groups excluding carboxylic acids is 1. The molecule has 1 saturated heterocycles. The number of hydrogen-bond donors (Lipinski definition) is 0. The quantitative estimate of drug-likeness (QED) is 0.849. The smallest absolute Gasteiger partial charge is 0.247 e. The summed E-state index contributed by atoms with van der Waals surface area (Å²) in [6.07, 6.45) is 6.69. The van der Waals surface area contributed by atoms with Crippen LogP contribution in [0.4, 0.5) is 5.69 Å². The monoisotopic (exact) mass is 314 g/mol. The van der Waals surface area contributed by atoms with Crippen molar-refractivity contribution in [1.29, 1.82) is 0 Å². The number of anilines is 1. The minimum Gasteiger partial charge on any atom is -0.368 e. The number of aromatic nitrogens is 4. The summed E-state index contributed by atoms with van der Waals surface area (Å²) in [5.74, 6) is 0.294. The van der Waals surface area contributed by atoms with Crippen LogP contribution in [-0.2, 0) is 4.79 Å². The van der Waals surface area contributed by atoms with E-state index in [-0.39, 0.29) is 17.9 Å². The molecule has 7 heteroatoms. The van der Waals surface area contributed by atoms with Gasteiger partial charge >= 0.3 is 0 Å². The Kier molecular flexibility index (Phi) is 4.55. The number of hydrogen-bond acceptors (Lipinski definition) is 5. The molecular weight excluding hydrogens is 292 g/mol. The van der Waals surface area contributed by atoms with E-state index in [0.29, 0.717) is 0 Å². The predicted molar refractivity (Wildman–Crippen MR) is 86.9 cm³/mol. The van der Waals surface area contributed by atoms with E-state index in [4.69, 9.17) is 0 Å². The summed E-state index contributed by atoms with van der Waals surface area (Å²) < 4.78 is 1.67. The molecule has 0 radical (unpaired) electrons. The Labute approximate surface area is 135 Å². The van der Waals surface area contributed by atoms with Gasteiger partial charge in [0.05, 0.1) is 0 Å². The molecule has 1 atom stereocenters. The third kappa shape index (κ3) is 3.33. The highest BCUT2D eigenvalue weighted by Gasteiger charge is 2.31. The maximum absolute atomic E-state index is 12.9. The Hall–Kier alpha value is -2.44. The van der Waals surface area contributed by atoms with Gasteiger partial charge in [-0.25, -0.2) is 9.67 Å². The first-order valence-corrected chi connectivity index (χ1v) is 7.94. The summed E-state index contributed by atoms with van der Waals surface area (Å²) in [6.45, 7) is 7.18. The van der Waals surface area contributed by atoms with Gasteiger partial charge in [0.2, 0.25) is 5.91 Å². The molecule has 0 unspecified atom stereocenters. The van der Waals surface area contributed by atoms with Crippen molar-refractivity contribution in [2.24, 2.45) is 5.92 Å². The first kappa shape index (κ1) is 15.5. The van der Waals surface area contributed by atoms with Crippen molar-refractivity contribution in [2.45, 2.75) is 19.9 Å². The first-order chi connectivity index (χ1) is 11.2. The Bertz CT molecular complexity index is 619. The molecule has 23 heavy (non-hydrogen) atoms. The van der Waals surface area contributed by atoms with Gasteiger partial charge in [-0.3, -0.25) is 9.78 Å². The number of piperazine rings is 1. The van der Waals surface area contributed by atoms with Crippen molar-refractivity contribution in [1.82, 2.24) is 24.6 Å². The molecule has 3 rings (SSSR count). The van der Waals surface area contributed by atoms with Crippen LogP contribution in [0.3, 0.4) is 0 Å². The van der Waals surface area contributed by atoms with Crippen molar-refractivity contribution in [2.75, 3.05) is 31.1 Å². The third-order valence-corrected chi connectivity index (χ3v) is 4.23.